The van der Waals surface area contributed by atoms with Crippen LogP contribution in [-0.2, 0) is 20.4 Å². The zero-order valence-corrected chi connectivity index (χ0v) is 23.7. The number of carbonyl (C=O) groups is 2. The molecule has 36 heavy (non-hydrogen) atoms. The highest BCUT2D eigenvalue weighted by molar-refractivity contribution is 7.85. The quantitative estimate of drug-likeness (QED) is 0.375. The molecule has 0 bridgehead atoms. The summed E-state index contributed by atoms with van der Waals surface area (Å²) in [6.07, 6.45) is 0.0607. The first-order valence-corrected chi connectivity index (χ1v) is 14.4. The van der Waals surface area contributed by atoms with Gasteiger partial charge in [0.25, 0.3) is 0 Å². The third-order valence-electron chi connectivity index (χ3n) is 7.12. The number of aliphatic carboxylic acids is 1. The Labute approximate surface area is 226 Å². The number of halogens is 2. The molecule has 196 valence electrons. The van der Waals surface area contributed by atoms with Crippen LogP contribution in [0.1, 0.15) is 70.5 Å². The van der Waals surface area contributed by atoms with E-state index in [0.29, 0.717) is 22.2 Å². The molecule has 0 aromatic heterocycles. The van der Waals surface area contributed by atoms with Gasteiger partial charge in [0.1, 0.15) is 0 Å². The van der Waals surface area contributed by atoms with Gasteiger partial charge in [0.15, 0.2) is 0 Å². The van der Waals surface area contributed by atoms with E-state index in [9.17, 15) is 18.9 Å². The summed E-state index contributed by atoms with van der Waals surface area (Å²) in [5.74, 6) is -1.15. The molecule has 0 aliphatic carbocycles. The van der Waals surface area contributed by atoms with E-state index in [4.69, 9.17) is 23.2 Å². The lowest BCUT2D eigenvalue weighted by Gasteiger charge is -2.52. The number of hydrogen-bond donors (Lipinski definition) is 1. The summed E-state index contributed by atoms with van der Waals surface area (Å²) in [6.45, 7) is 9.60. The van der Waals surface area contributed by atoms with Gasteiger partial charge in [-0.3, -0.25) is 13.8 Å². The Bertz CT molecular complexity index is 1120. The van der Waals surface area contributed by atoms with Crippen LogP contribution in [0.25, 0.3) is 0 Å². The standard InChI is InChI=1S/C28H35Cl2NO4S/c1-17(2)24(16-36(35)18(3)4)31-26(19-9-11-21(29)12-10-19)23(20-7-6-8-22(30)13-20)14-28(5,27(31)34)15-25(32)33/h6-13,17-18,23-24,26H,14-16H2,1-5H3,(H,32,33)/t23-,24-,26-,28-,36?/m1/s1. The van der Waals surface area contributed by atoms with Gasteiger partial charge in [-0.15, -0.1) is 0 Å². The predicted molar refractivity (Wildman–Crippen MR) is 147 cm³/mol. The summed E-state index contributed by atoms with van der Waals surface area (Å²) in [6, 6.07) is 14.2. The maximum Gasteiger partial charge on any atom is 0.304 e. The van der Waals surface area contributed by atoms with Gasteiger partial charge in [0, 0.05) is 43.8 Å². The molecule has 1 unspecified atom stereocenters. The van der Waals surface area contributed by atoms with E-state index in [2.05, 4.69) is 0 Å². The van der Waals surface area contributed by atoms with Crippen molar-refractivity contribution in [1.29, 1.82) is 0 Å². The summed E-state index contributed by atoms with van der Waals surface area (Å²) in [4.78, 5) is 28.1. The molecule has 1 N–H and O–H groups in total. The van der Waals surface area contributed by atoms with Gasteiger partial charge < -0.3 is 10.0 Å². The maximum atomic E-state index is 14.3. The van der Waals surface area contributed by atoms with Crippen LogP contribution in [0.5, 0.6) is 0 Å². The van der Waals surface area contributed by atoms with Crippen molar-refractivity contribution in [3.63, 3.8) is 0 Å². The smallest absolute Gasteiger partial charge is 0.304 e. The molecular weight excluding hydrogens is 517 g/mol. The van der Waals surface area contributed by atoms with Crippen molar-refractivity contribution < 1.29 is 18.9 Å². The first-order valence-electron chi connectivity index (χ1n) is 12.3. The minimum atomic E-state index is -1.16. The van der Waals surface area contributed by atoms with Crippen molar-refractivity contribution in [3.05, 3.63) is 69.7 Å². The monoisotopic (exact) mass is 551 g/mol. The van der Waals surface area contributed by atoms with E-state index in [1.54, 1.807) is 25.1 Å². The topological polar surface area (TPSA) is 74.7 Å². The summed E-state index contributed by atoms with van der Waals surface area (Å²) in [7, 11) is -1.16. The third-order valence-corrected chi connectivity index (χ3v) is 9.33. The number of hydrogen-bond acceptors (Lipinski definition) is 3. The highest BCUT2D eigenvalue weighted by Gasteiger charge is 2.53. The summed E-state index contributed by atoms with van der Waals surface area (Å²) in [5.41, 5.74) is 0.703. The van der Waals surface area contributed by atoms with E-state index >= 15 is 0 Å². The minimum Gasteiger partial charge on any atom is -0.481 e. The molecule has 1 fully saturated rings. The molecular formula is C28H35Cl2NO4S. The molecule has 1 saturated heterocycles. The fraction of sp³-hybridized carbons (Fsp3) is 0.500. The van der Waals surface area contributed by atoms with E-state index in [-0.39, 0.29) is 35.5 Å². The number of rotatable bonds is 9. The molecule has 5 atom stereocenters. The van der Waals surface area contributed by atoms with Crippen molar-refractivity contribution in [2.75, 3.05) is 5.75 Å². The molecule has 2 aromatic carbocycles. The van der Waals surface area contributed by atoms with E-state index in [1.807, 2.05) is 62.9 Å². The lowest BCUT2D eigenvalue weighted by atomic mass is 9.66. The predicted octanol–water partition coefficient (Wildman–Crippen LogP) is 6.71. The Balaban J connectivity index is 2.27. The summed E-state index contributed by atoms with van der Waals surface area (Å²) >= 11 is 12.6. The van der Waals surface area contributed by atoms with Crippen LogP contribution < -0.4 is 0 Å². The number of carboxylic acid groups (broad SMARTS) is 1. The first kappa shape index (κ1) is 28.7. The average Bonchev–Trinajstić information content (AvgIpc) is 2.79. The zero-order chi connectivity index (χ0) is 26.8. The van der Waals surface area contributed by atoms with Crippen molar-refractivity contribution in [2.45, 2.75) is 70.7 Å². The van der Waals surface area contributed by atoms with Crippen LogP contribution in [0.4, 0.5) is 0 Å². The Kier molecular flexibility index (Phi) is 9.29. The Hall–Kier alpha value is -1.89. The molecule has 0 spiro atoms. The molecule has 2 aromatic rings. The second-order valence-electron chi connectivity index (χ2n) is 10.6. The third kappa shape index (κ3) is 6.32. The van der Waals surface area contributed by atoms with Gasteiger partial charge >= 0.3 is 5.97 Å². The van der Waals surface area contributed by atoms with Crippen molar-refractivity contribution >= 4 is 45.9 Å². The van der Waals surface area contributed by atoms with Crippen molar-refractivity contribution in [2.24, 2.45) is 11.3 Å². The fourth-order valence-corrected chi connectivity index (χ4v) is 6.79. The maximum absolute atomic E-state index is 14.3. The molecule has 0 radical (unpaired) electrons. The van der Waals surface area contributed by atoms with Crippen LogP contribution in [-0.4, -0.2) is 43.1 Å². The highest BCUT2D eigenvalue weighted by atomic mass is 35.5. The van der Waals surface area contributed by atoms with Crippen molar-refractivity contribution in [1.82, 2.24) is 4.90 Å². The highest BCUT2D eigenvalue weighted by Crippen LogP contribution is 2.52. The molecule has 1 aliphatic rings. The van der Waals surface area contributed by atoms with Crippen LogP contribution in [0.2, 0.25) is 10.0 Å². The number of benzene rings is 2. The number of piperidine rings is 1. The first-order chi connectivity index (χ1) is 16.8. The van der Waals surface area contributed by atoms with Gasteiger partial charge in [-0.2, -0.15) is 0 Å². The Morgan fingerprint density at radius 3 is 2.25 bits per heavy atom. The van der Waals surface area contributed by atoms with Crippen LogP contribution in [0, 0.1) is 11.3 Å². The van der Waals surface area contributed by atoms with E-state index in [0.717, 1.165) is 11.1 Å². The van der Waals surface area contributed by atoms with Crippen LogP contribution in [0.3, 0.4) is 0 Å². The Morgan fingerprint density at radius 2 is 1.72 bits per heavy atom. The van der Waals surface area contributed by atoms with Crippen LogP contribution >= 0.6 is 23.2 Å². The Morgan fingerprint density at radius 1 is 1.08 bits per heavy atom. The van der Waals surface area contributed by atoms with Gasteiger partial charge in [-0.25, -0.2) is 0 Å². The summed E-state index contributed by atoms with van der Waals surface area (Å²) < 4.78 is 13.1. The molecule has 1 amide bonds. The average molecular weight is 553 g/mol. The second-order valence-corrected chi connectivity index (χ2v) is 13.5. The number of amides is 1. The second kappa shape index (κ2) is 11.7. The minimum absolute atomic E-state index is 0.00126. The molecule has 1 heterocycles. The van der Waals surface area contributed by atoms with Gasteiger partial charge in [0.05, 0.1) is 17.9 Å². The normalized spacial score (nSPS) is 24.2. The SMILES string of the molecule is CC(C)[C@@H](CS(=O)C(C)C)N1C(=O)[C@@](C)(CC(=O)O)C[C@H](c2cccc(Cl)c2)[C@H]1c1ccc(Cl)cc1. The number of nitrogens with zero attached hydrogens (tertiary/aromatic N) is 1. The van der Waals surface area contributed by atoms with Gasteiger partial charge in [-0.05, 0) is 47.7 Å². The summed E-state index contributed by atoms with van der Waals surface area (Å²) in [5, 5.41) is 10.9. The number of likely N-dealkylation sites (tertiary alicyclic amines) is 1. The number of carboxylic acids is 1. The molecule has 3 rings (SSSR count). The lowest BCUT2D eigenvalue weighted by molar-refractivity contribution is -0.161. The largest absolute Gasteiger partial charge is 0.481 e. The van der Waals surface area contributed by atoms with E-state index < -0.39 is 28.2 Å². The van der Waals surface area contributed by atoms with E-state index in [1.165, 1.54) is 0 Å². The van der Waals surface area contributed by atoms with Gasteiger partial charge in [-0.1, -0.05) is 82.1 Å². The van der Waals surface area contributed by atoms with Crippen molar-refractivity contribution in [3.8, 4) is 0 Å². The molecule has 5 nitrogen and oxygen atoms in total. The number of carbonyl (C=O) groups excluding carboxylic acids is 1. The molecule has 0 saturated carbocycles. The zero-order valence-electron chi connectivity index (χ0n) is 21.4. The molecule has 8 heteroatoms. The van der Waals surface area contributed by atoms with Crippen LogP contribution in [0.15, 0.2) is 48.5 Å². The van der Waals surface area contributed by atoms with Gasteiger partial charge in [0.2, 0.25) is 5.91 Å². The lowest BCUT2D eigenvalue weighted by Crippen LogP contribution is -2.58. The fourth-order valence-electron chi connectivity index (χ4n) is 5.20. The molecule has 1 aliphatic heterocycles.